The fraction of sp³-hybridized carbons (Fsp3) is 0.100. The molecule has 3 nitrogen and oxygen atoms in total. The van der Waals surface area contributed by atoms with Gasteiger partial charge in [0.25, 0.3) is 0 Å². The van der Waals surface area contributed by atoms with Crippen molar-refractivity contribution in [3.05, 3.63) is 35.9 Å². The number of hydrogen-bond donors (Lipinski definition) is 1. The third-order valence-electron chi connectivity index (χ3n) is 2.03. The van der Waals surface area contributed by atoms with Crippen molar-refractivity contribution in [3.8, 4) is 11.3 Å². The highest BCUT2D eigenvalue weighted by molar-refractivity contribution is 5.60. The van der Waals surface area contributed by atoms with Crippen molar-refractivity contribution in [2.45, 2.75) is 6.18 Å². The molecule has 0 unspecified atom stereocenters. The van der Waals surface area contributed by atoms with Gasteiger partial charge in [-0.3, -0.25) is 0 Å². The first-order valence-corrected chi connectivity index (χ1v) is 4.36. The van der Waals surface area contributed by atoms with Crippen LogP contribution in [0.4, 0.5) is 19.0 Å². The van der Waals surface area contributed by atoms with Crippen LogP contribution in [-0.2, 0) is 6.18 Å². The van der Waals surface area contributed by atoms with E-state index in [1.807, 2.05) is 0 Å². The van der Waals surface area contributed by atoms with E-state index in [4.69, 9.17) is 10.3 Å². The van der Waals surface area contributed by atoms with Crippen molar-refractivity contribution in [2.24, 2.45) is 0 Å². The van der Waals surface area contributed by atoms with Gasteiger partial charge in [-0.25, -0.2) is 0 Å². The van der Waals surface area contributed by atoms with Gasteiger partial charge in [-0.05, 0) is 12.1 Å². The summed E-state index contributed by atoms with van der Waals surface area (Å²) in [6.07, 6.45) is -4.33. The molecular formula is C10H7F3N2O. The summed E-state index contributed by atoms with van der Waals surface area (Å²) in [5.41, 5.74) is 5.12. The van der Waals surface area contributed by atoms with Crippen LogP contribution >= 0.6 is 0 Å². The van der Waals surface area contributed by atoms with Crippen molar-refractivity contribution < 1.29 is 17.7 Å². The molecule has 0 aliphatic heterocycles. The predicted octanol–water partition coefficient (Wildman–Crippen LogP) is 2.94. The average molecular weight is 228 g/mol. The molecule has 0 spiro atoms. The monoisotopic (exact) mass is 228 g/mol. The lowest BCUT2D eigenvalue weighted by atomic mass is 10.1. The van der Waals surface area contributed by atoms with Gasteiger partial charge in [0.15, 0.2) is 11.6 Å². The summed E-state index contributed by atoms with van der Waals surface area (Å²) in [7, 11) is 0. The number of aromatic nitrogens is 1. The lowest BCUT2D eigenvalue weighted by Gasteiger charge is -2.05. The highest BCUT2D eigenvalue weighted by atomic mass is 19.4. The van der Waals surface area contributed by atoms with Crippen molar-refractivity contribution >= 4 is 5.82 Å². The molecule has 6 heteroatoms. The van der Waals surface area contributed by atoms with Gasteiger partial charge in [0.1, 0.15) is 0 Å². The molecule has 0 saturated heterocycles. The maximum Gasteiger partial charge on any atom is 0.416 e. The maximum absolute atomic E-state index is 12.3. The summed E-state index contributed by atoms with van der Waals surface area (Å²) in [6.45, 7) is 0. The van der Waals surface area contributed by atoms with Crippen LogP contribution in [0.5, 0.6) is 0 Å². The molecule has 0 radical (unpaired) electrons. The first-order chi connectivity index (χ1) is 7.47. The van der Waals surface area contributed by atoms with Gasteiger partial charge >= 0.3 is 6.18 Å². The van der Waals surface area contributed by atoms with Crippen LogP contribution in [0.25, 0.3) is 11.3 Å². The van der Waals surface area contributed by atoms with E-state index in [-0.39, 0.29) is 5.82 Å². The van der Waals surface area contributed by atoms with Gasteiger partial charge in [0, 0.05) is 11.6 Å². The molecule has 1 heterocycles. The molecule has 2 N–H and O–H groups in total. The molecule has 1 aromatic carbocycles. The van der Waals surface area contributed by atoms with E-state index in [0.29, 0.717) is 11.3 Å². The zero-order valence-corrected chi connectivity index (χ0v) is 7.95. The molecule has 16 heavy (non-hydrogen) atoms. The Hall–Kier alpha value is -1.98. The number of halogens is 3. The largest absolute Gasteiger partial charge is 0.416 e. The summed E-state index contributed by atoms with van der Waals surface area (Å²) in [5.74, 6) is 0.529. The Morgan fingerprint density at radius 1 is 1.12 bits per heavy atom. The van der Waals surface area contributed by atoms with E-state index in [1.165, 1.54) is 18.2 Å². The fourth-order valence-electron chi connectivity index (χ4n) is 1.25. The van der Waals surface area contributed by atoms with Crippen LogP contribution in [0.15, 0.2) is 34.9 Å². The standard InChI is InChI=1S/C10H7F3N2O/c11-10(12,13)7-3-1-6(2-4-7)8-5-9(14)15-16-8/h1-5H,(H2,14,15). The molecule has 0 bridgehead atoms. The first-order valence-electron chi connectivity index (χ1n) is 4.36. The van der Waals surface area contributed by atoms with Crippen LogP contribution in [0, 0.1) is 0 Å². The topological polar surface area (TPSA) is 52.0 Å². The van der Waals surface area contributed by atoms with Crippen LogP contribution < -0.4 is 5.73 Å². The van der Waals surface area contributed by atoms with Crippen LogP contribution in [0.1, 0.15) is 5.56 Å². The minimum absolute atomic E-state index is 0.190. The number of hydrogen-bond acceptors (Lipinski definition) is 3. The molecular weight excluding hydrogens is 221 g/mol. The van der Waals surface area contributed by atoms with E-state index in [1.54, 1.807) is 0 Å². The Labute approximate surface area is 88.7 Å². The van der Waals surface area contributed by atoms with E-state index >= 15 is 0 Å². The Morgan fingerprint density at radius 2 is 1.75 bits per heavy atom. The second kappa shape index (κ2) is 3.55. The number of rotatable bonds is 1. The quantitative estimate of drug-likeness (QED) is 0.816. The van der Waals surface area contributed by atoms with Crippen molar-refractivity contribution in [2.75, 3.05) is 5.73 Å². The number of alkyl halides is 3. The average Bonchev–Trinajstić information content (AvgIpc) is 2.64. The first kappa shape index (κ1) is 10.5. The van der Waals surface area contributed by atoms with Crippen LogP contribution in [0.2, 0.25) is 0 Å². The lowest BCUT2D eigenvalue weighted by Crippen LogP contribution is -2.03. The Balaban J connectivity index is 2.33. The highest BCUT2D eigenvalue weighted by Crippen LogP contribution is 2.31. The molecule has 2 aromatic rings. The molecule has 0 saturated carbocycles. The molecule has 84 valence electrons. The van der Waals surface area contributed by atoms with Crippen LogP contribution in [-0.4, -0.2) is 5.16 Å². The SMILES string of the molecule is Nc1cc(-c2ccc(C(F)(F)F)cc2)on1. The van der Waals surface area contributed by atoms with E-state index in [2.05, 4.69) is 5.16 Å². The van der Waals surface area contributed by atoms with Gasteiger partial charge < -0.3 is 10.3 Å². The smallest absolute Gasteiger partial charge is 0.381 e. The molecule has 0 aliphatic rings. The fourth-order valence-corrected chi connectivity index (χ4v) is 1.25. The summed E-state index contributed by atoms with van der Waals surface area (Å²) in [4.78, 5) is 0. The van der Waals surface area contributed by atoms with Crippen molar-refractivity contribution in [1.29, 1.82) is 0 Å². The minimum atomic E-state index is -4.33. The van der Waals surface area contributed by atoms with Crippen LogP contribution in [0.3, 0.4) is 0 Å². The normalized spacial score (nSPS) is 11.7. The zero-order valence-electron chi connectivity index (χ0n) is 7.95. The lowest BCUT2D eigenvalue weighted by molar-refractivity contribution is -0.137. The van der Waals surface area contributed by atoms with E-state index < -0.39 is 11.7 Å². The van der Waals surface area contributed by atoms with Gasteiger partial charge in [-0.1, -0.05) is 17.3 Å². The number of nitrogens with two attached hydrogens (primary N) is 1. The predicted molar refractivity (Wildman–Crippen MR) is 51.4 cm³/mol. The van der Waals surface area contributed by atoms with Gasteiger partial charge in [0.2, 0.25) is 0 Å². The third-order valence-corrected chi connectivity index (χ3v) is 2.03. The molecule has 2 rings (SSSR count). The maximum atomic E-state index is 12.3. The van der Waals surface area contributed by atoms with E-state index in [9.17, 15) is 13.2 Å². The van der Waals surface area contributed by atoms with Gasteiger partial charge in [0.05, 0.1) is 5.56 Å². The Bertz CT molecular complexity index is 488. The molecule has 0 aliphatic carbocycles. The number of nitrogen functional groups attached to an aromatic ring is 1. The van der Waals surface area contributed by atoms with Crippen molar-refractivity contribution in [3.63, 3.8) is 0 Å². The highest BCUT2D eigenvalue weighted by Gasteiger charge is 2.30. The molecule has 0 amide bonds. The summed E-state index contributed by atoms with van der Waals surface area (Å²) in [6, 6.07) is 6.02. The zero-order chi connectivity index (χ0) is 11.8. The molecule has 0 atom stereocenters. The second-order valence-electron chi connectivity index (χ2n) is 3.19. The van der Waals surface area contributed by atoms with Crippen molar-refractivity contribution in [1.82, 2.24) is 5.16 Å². The van der Waals surface area contributed by atoms with Gasteiger partial charge in [-0.2, -0.15) is 13.2 Å². The Kier molecular flexibility index (Phi) is 2.34. The molecule has 1 aromatic heterocycles. The number of nitrogens with zero attached hydrogens (tertiary/aromatic N) is 1. The Morgan fingerprint density at radius 3 is 2.19 bits per heavy atom. The second-order valence-corrected chi connectivity index (χ2v) is 3.19. The minimum Gasteiger partial charge on any atom is -0.381 e. The van der Waals surface area contributed by atoms with E-state index in [0.717, 1.165) is 12.1 Å². The van der Waals surface area contributed by atoms with Gasteiger partial charge in [-0.15, -0.1) is 0 Å². The summed E-state index contributed by atoms with van der Waals surface area (Å²) < 4.78 is 41.6. The summed E-state index contributed by atoms with van der Waals surface area (Å²) in [5, 5.41) is 3.44. The third kappa shape index (κ3) is 2.00. The summed E-state index contributed by atoms with van der Waals surface area (Å²) >= 11 is 0. The number of benzene rings is 1. The number of anilines is 1. The molecule has 0 fully saturated rings.